The van der Waals surface area contributed by atoms with Crippen LogP contribution in [0.25, 0.3) is 0 Å². The van der Waals surface area contributed by atoms with Gasteiger partial charge in [0, 0.05) is 11.3 Å². The quantitative estimate of drug-likeness (QED) is 0.524. The Morgan fingerprint density at radius 3 is 2.10 bits per heavy atom. The minimum atomic E-state index is -3.84. The maximum absolute atomic E-state index is 12.4. The van der Waals surface area contributed by atoms with Crippen molar-refractivity contribution in [2.45, 2.75) is 31.7 Å². The molecule has 0 saturated heterocycles. The minimum Gasteiger partial charge on any atom is -0.454 e. The number of rotatable bonds is 8. The number of nitrogens with one attached hydrogen (secondary N) is 2. The van der Waals surface area contributed by atoms with E-state index in [-0.39, 0.29) is 10.8 Å². The second kappa shape index (κ2) is 10.2. The van der Waals surface area contributed by atoms with Crippen molar-refractivity contribution < 1.29 is 27.5 Å². The highest BCUT2D eigenvalue weighted by Gasteiger charge is 2.26. The van der Waals surface area contributed by atoms with Crippen molar-refractivity contribution in [3.05, 3.63) is 59.7 Å². The van der Waals surface area contributed by atoms with E-state index in [9.17, 15) is 22.8 Å². The van der Waals surface area contributed by atoms with E-state index in [1.165, 1.54) is 24.3 Å². The fourth-order valence-corrected chi connectivity index (χ4v) is 3.09. The van der Waals surface area contributed by atoms with Crippen LogP contribution in [-0.4, -0.2) is 38.9 Å². The van der Waals surface area contributed by atoms with Crippen LogP contribution in [0, 0.1) is 12.8 Å². The number of carbonyl (C=O) groups is 3. The van der Waals surface area contributed by atoms with Gasteiger partial charge >= 0.3 is 5.97 Å². The number of anilines is 1. The number of carbonyl (C=O) groups excluding carboxylic acids is 3. The van der Waals surface area contributed by atoms with Crippen molar-refractivity contribution >= 4 is 33.5 Å². The van der Waals surface area contributed by atoms with Gasteiger partial charge in [-0.25, -0.2) is 18.4 Å². The molecule has 2 amide bonds. The van der Waals surface area contributed by atoms with Crippen LogP contribution in [-0.2, 0) is 24.3 Å². The molecule has 10 heteroatoms. The second-order valence-electron chi connectivity index (χ2n) is 7.29. The summed E-state index contributed by atoms with van der Waals surface area (Å²) in [7, 11) is -3.84. The van der Waals surface area contributed by atoms with Crippen LogP contribution in [0.3, 0.4) is 0 Å². The molecule has 1 atom stereocenters. The topological polar surface area (TPSA) is 145 Å². The molecule has 0 aliphatic carbocycles. The van der Waals surface area contributed by atoms with Gasteiger partial charge in [-0.2, -0.15) is 0 Å². The Labute approximate surface area is 181 Å². The van der Waals surface area contributed by atoms with E-state index in [0.717, 1.165) is 5.56 Å². The number of benzene rings is 2. The lowest BCUT2D eigenvalue weighted by molar-refractivity contribution is -0.150. The van der Waals surface area contributed by atoms with Crippen molar-refractivity contribution in [3.8, 4) is 0 Å². The van der Waals surface area contributed by atoms with Crippen molar-refractivity contribution in [2.24, 2.45) is 11.1 Å². The minimum absolute atomic E-state index is 0.0963. The van der Waals surface area contributed by atoms with Gasteiger partial charge in [0.05, 0.1) is 4.90 Å². The van der Waals surface area contributed by atoms with E-state index in [1.54, 1.807) is 38.1 Å². The Balaban J connectivity index is 1.92. The largest absolute Gasteiger partial charge is 0.454 e. The summed E-state index contributed by atoms with van der Waals surface area (Å²) in [5.41, 5.74) is 1.72. The Kier molecular flexibility index (Phi) is 7.89. The normalized spacial score (nSPS) is 12.2. The van der Waals surface area contributed by atoms with Crippen LogP contribution in [0.2, 0.25) is 0 Å². The van der Waals surface area contributed by atoms with Crippen molar-refractivity contribution in [1.29, 1.82) is 0 Å². The van der Waals surface area contributed by atoms with Crippen molar-refractivity contribution in [3.63, 3.8) is 0 Å². The molecule has 1 unspecified atom stereocenters. The summed E-state index contributed by atoms with van der Waals surface area (Å²) in [5.74, 6) is -2.05. The maximum atomic E-state index is 12.4. The monoisotopic (exact) mass is 447 g/mol. The highest BCUT2D eigenvalue weighted by Crippen LogP contribution is 2.13. The van der Waals surface area contributed by atoms with E-state index in [1.807, 2.05) is 6.92 Å². The smallest absolute Gasteiger partial charge is 0.329 e. The molecule has 0 aliphatic rings. The SMILES string of the molecule is Cc1ccc(C(=O)NC(C(=O)OCC(=O)Nc2ccc(S(N)(=O)=O)cc2)C(C)C)cc1. The third-order valence-electron chi connectivity index (χ3n) is 4.33. The van der Waals surface area contributed by atoms with Crippen LogP contribution < -0.4 is 15.8 Å². The average molecular weight is 448 g/mol. The number of hydrogen-bond acceptors (Lipinski definition) is 6. The van der Waals surface area contributed by atoms with Gasteiger partial charge in [-0.3, -0.25) is 9.59 Å². The van der Waals surface area contributed by atoms with E-state index in [2.05, 4.69) is 10.6 Å². The number of esters is 1. The van der Waals surface area contributed by atoms with E-state index in [0.29, 0.717) is 11.3 Å². The van der Waals surface area contributed by atoms with Crippen LogP contribution in [0.1, 0.15) is 29.8 Å². The predicted octanol–water partition coefficient (Wildman–Crippen LogP) is 1.58. The highest BCUT2D eigenvalue weighted by molar-refractivity contribution is 7.89. The second-order valence-corrected chi connectivity index (χ2v) is 8.85. The lowest BCUT2D eigenvalue weighted by atomic mass is 10.0. The first-order chi connectivity index (χ1) is 14.5. The van der Waals surface area contributed by atoms with Gasteiger partial charge in [0.15, 0.2) is 6.61 Å². The fourth-order valence-electron chi connectivity index (χ4n) is 2.58. The third kappa shape index (κ3) is 7.19. The number of nitrogens with two attached hydrogens (primary N) is 1. The molecule has 2 aromatic carbocycles. The molecule has 0 saturated carbocycles. The molecule has 31 heavy (non-hydrogen) atoms. The first-order valence-electron chi connectivity index (χ1n) is 9.44. The molecule has 0 bridgehead atoms. The van der Waals surface area contributed by atoms with Crippen LogP contribution in [0.15, 0.2) is 53.4 Å². The number of amides is 2. The number of ether oxygens (including phenoxy) is 1. The summed E-state index contributed by atoms with van der Waals surface area (Å²) in [4.78, 5) is 36.8. The first-order valence-corrected chi connectivity index (χ1v) is 11.0. The Morgan fingerprint density at radius 1 is 1.00 bits per heavy atom. The van der Waals surface area contributed by atoms with Gasteiger partial charge in [0.2, 0.25) is 10.0 Å². The van der Waals surface area contributed by atoms with Crippen molar-refractivity contribution in [2.75, 3.05) is 11.9 Å². The molecule has 0 aliphatic heterocycles. The van der Waals surface area contributed by atoms with E-state index in [4.69, 9.17) is 9.88 Å². The van der Waals surface area contributed by atoms with Gasteiger partial charge in [-0.05, 0) is 49.2 Å². The molecule has 9 nitrogen and oxygen atoms in total. The number of primary sulfonamides is 1. The third-order valence-corrected chi connectivity index (χ3v) is 5.26. The van der Waals surface area contributed by atoms with Gasteiger partial charge in [0.25, 0.3) is 11.8 Å². The Hall–Kier alpha value is -3.24. The lowest BCUT2D eigenvalue weighted by Gasteiger charge is -2.21. The molecule has 166 valence electrons. The summed E-state index contributed by atoms with van der Waals surface area (Å²) in [5, 5.41) is 10.1. The molecule has 0 heterocycles. The summed E-state index contributed by atoms with van der Waals surface area (Å²) in [6.07, 6.45) is 0. The van der Waals surface area contributed by atoms with Gasteiger partial charge in [0.1, 0.15) is 6.04 Å². The summed E-state index contributed by atoms with van der Waals surface area (Å²) < 4.78 is 27.5. The van der Waals surface area contributed by atoms with Crippen LogP contribution in [0.4, 0.5) is 5.69 Å². The Morgan fingerprint density at radius 2 is 1.58 bits per heavy atom. The van der Waals surface area contributed by atoms with Gasteiger partial charge < -0.3 is 15.4 Å². The lowest BCUT2D eigenvalue weighted by Crippen LogP contribution is -2.45. The van der Waals surface area contributed by atoms with Gasteiger partial charge in [-0.1, -0.05) is 31.5 Å². The van der Waals surface area contributed by atoms with E-state index < -0.39 is 40.5 Å². The molecule has 2 aromatic rings. The standard InChI is InChI=1S/C21H25N3O6S/c1-13(2)19(24-20(26)15-6-4-14(3)5-7-15)21(27)30-12-18(25)23-16-8-10-17(11-9-16)31(22,28)29/h4-11,13,19H,12H2,1-3H3,(H,23,25)(H,24,26)(H2,22,28,29). The van der Waals surface area contributed by atoms with Gasteiger partial charge in [-0.15, -0.1) is 0 Å². The zero-order chi connectivity index (χ0) is 23.2. The van der Waals surface area contributed by atoms with Crippen molar-refractivity contribution in [1.82, 2.24) is 5.32 Å². The van der Waals surface area contributed by atoms with Crippen LogP contribution >= 0.6 is 0 Å². The molecular formula is C21H25N3O6S. The zero-order valence-corrected chi connectivity index (χ0v) is 18.2. The average Bonchev–Trinajstić information content (AvgIpc) is 2.70. The number of aryl methyl sites for hydroxylation is 1. The summed E-state index contributed by atoms with van der Waals surface area (Å²) >= 11 is 0. The molecular weight excluding hydrogens is 422 g/mol. The first kappa shape index (κ1) is 24.0. The maximum Gasteiger partial charge on any atom is 0.329 e. The number of sulfonamides is 1. The molecule has 0 radical (unpaired) electrons. The van der Waals surface area contributed by atoms with Crippen LogP contribution in [0.5, 0.6) is 0 Å². The molecule has 2 rings (SSSR count). The summed E-state index contributed by atoms with van der Waals surface area (Å²) in [6.45, 7) is 4.82. The molecule has 4 N–H and O–H groups in total. The summed E-state index contributed by atoms with van der Waals surface area (Å²) in [6, 6.07) is 11.2. The predicted molar refractivity (Wildman–Crippen MR) is 115 cm³/mol. The number of hydrogen-bond donors (Lipinski definition) is 3. The Bertz CT molecular complexity index is 1050. The molecule has 0 fully saturated rings. The fraction of sp³-hybridized carbons (Fsp3) is 0.286. The van der Waals surface area contributed by atoms with E-state index >= 15 is 0 Å². The zero-order valence-electron chi connectivity index (χ0n) is 17.4. The molecule has 0 spiro atoms. The molecule has 0 aromatic heterocycles. The highest BCUT2D eigenvalue weighted by atomic mass is 32.2.